The lowest BCUT2D eigenvalue weighted by Crippen LogP contribution is -2.19. The standard InChI is InChI=1S/C15H23NO2/c1-17-11-15-4-2-3-14(9-15)10-16-7-8-18-12-13-5-6-13/h2-4,9,13,16H,5-8,10-12H2,1H3. The molecule has 2 rings (SSSR count). The summed E-state index contributed by atoms with van der Waals surface area (Å²) in [5, 5.41) is 3.40. The van der Waals surface area contributed by atoms with E-state index in [1.165, 1.54) is 24.0 Å². The summed E-state index contributed by atoms with van der Waals surface area (Å²) in [4.78, 5) is 0. The summed E-state index contributed by atoms with van der Waals surface area (Å²) in [6, 6.07) is 8.49. The third kappa shape index (κ3) is 5.17. The first-order valence-electron chi connectivity index (χ1n) is 6.73. The van der Waals surface area contributed by atoms with E-state index in [-0.39, 0.29) is 0 Å². The zero-order valence-electron chi connectivity index (χ0n) is 11.2. The van der Waals surface area contributed by atoms with Crippen molar-refractivity contribution in [3.05, 3.63) is 35.4 Å². The molecule has 1 saturated carbocycles. The van der Waals surface area contributed by atoms with Crippen LogP contribution >= 0.6 is 0 Å². The quantitative estimate of drug-likeness (QED) is 0.681. The SMILES string of the molecule is COCc1cccc(CNCCOCC2CC2)c1. The molecule has 3 heteroatoms. The van der Waals surface area contributed by atoms with Gasteiger partial charge in [-0.1, -0.05) is 24.3 Å². The first kappa shape index (κ1) is 13.5. The Hall–Kier alpha value is -0.900. The number of nitrogens with one attached hydrogen (secondary N) is 1. The highest BCUT2D eigenvalue weighted by atomic mass is 16.5. The molecular weight excluding hydrogens is 226 g/mol. The van der Waals surface area contributed by atoms with E-state index in [0.29, 0.717) is 6.61 Å². The van der Waals surface area contributed by atoms with Gasteiger partial charge in [0.25, 0.3) is 0 Å². The minimum atomic E-state index is 0.679. The molecule has 0 bridgehead atoms. The van der Waals surface area contributed by atoms with E-state index in [9.17, 15) is 0 Å². The van der Waals surface area contributed by atoms with Crippen LogP contribution in [0.15, 0.2) is 24.3 Å². The smallest absolute Gasteiger partial charge is 0.0713 e. The van der Waals surface area contributed by atoms with Gasteiger partial charge in [0.2, 0.25) is 0 Å². The molecule has 1 aromatic rings. The molecule has 0 amide bonds. The third-order valence-corrected chi connectivity index (χ3v) is 3.11. The lowest BCUT2D eigenvalue weighted by molar-refractivity contribution is 0.126. The fourth-order valence-electron chi connectivity index (χ4n) is 1.91. The van der Waals surface area contributed by atoms with Gasteiger partial charge in [-0.3, -0.25) is 0 Å². The minimum absolute atomic E-state index is 0.679. The van der Waals surface area contributed by atoms with E-state index >= 15 is 0 Å². The molecule has 18 heavy (non-hydrogen) atoms. The fraction of sp³-hybridized carbons (Fsp3) is 0.600. The Morgan fingerprint density at radius 2 is 2.11 bits per heavy atom. The molecule has 3 nitrogen and oxygen atoms in total. The number of benzene rings is 1. The number of methoxy groups -OCH3 is 1. The lowest BCUT2D eigenvalue weighted by atomic mass is 10.1. The number of hydrogen-bond acceptors (Lipinski definition) is 3. The maximum atomic E-state index is 5.58. The average molecular weight is 249 g/mol. The van der Waals surface area contributed by atoms with E-state index in [2.05, 4.69) is 29.6 Å². The second kappa shape index (κ2) is 7.52. The zero-order valence-corrected chi connectivity index (χ0v) is 11.2. The van der Waals surface area contributed by atoms with Crippen molar-refractivity contribution in [1.82, 2.24) is 5.32 Å². The summed E-state index contributed by atoms with van der Waals surface area (Å²) >= 11 is 0. The first-order chi connectivity index (χ1) is 8.88. The van der Waals surface area contributed by atoms with Gasteiger partial charge < -0.3 is 14.8 Å². The van der Waals surface area contributed by atoms with Crippen molar-refractivity contribution in [2.45, 2.75) is 26.0 Å². The molecule has 0 saturated heterocycles. The van der Waals surface area contributed by atoms with Crippen LogP contribution in [-0.4, -0.2) is 26.9 Å². The molecule has 0 aliphatic heterocycles. The molecule has 1 N–H and O–H groups in total. The summed E-state index contributed by atoms with van der Waals surface area (Å²) < 4.78 is 10.7. The monoisotopic (exact) mass is 249 g/mol. The van der Waals surface area contributed by atoms with Gasteiger partial charge in [-0.25, -0.2) is 0 Å². The van der Waals surface area contributed by atoms with Gasteiger partial charge in [0.15, 0.2) is 0 Å². The third-order valence-electron chi connectivity index (χ3n) is 3.11. The van der Waals surface area contributed by atoms with Crippen LogP contribution in [0.2, 0.25) is 0 Å². The maximum absolute atomic E-state index is 5.58. The van der Waals surface area contributed by atoms with Gasteiger partial charge >= 0.3 is 0 Å². The molecule has 1 aliphatic rings. The zero-order chi connectivity index (χ0) is 12.6. The summed E-state index contributed by atoms with van der Waals surface area (Å²) in [5.41, 5.74) is 2.52. The molecule has 0 aromatic heterocycles. The van der Waals surface area contributed by atoms with Crippen LogP contribution in [0.25, 0.3) is 0 Å². The molecule has 100 valence electrons. The predicted molar refractivity (Wildman–Crippen MR) is 72.4 cm³/mol. The van der Waals surface area contributed by atoms with Crippen LogP contribution in [-0.2, 0) is 22.6 Å². The van der Waals surface area contributed by atoms with Crippen molar-refractivity contribution in [2.24, 2.45) is 5.92 Å². The van der Waals surface area contributed by atoms with E-state index in [4.69, 9.17) is 9.47 Å². The van der Waals surface area contributed by atoms with E-state index in [0.717, 1.165) is 32.2 Å². The van der Waals surface area contributed by atoms with E-state index < -0.39 is 0 Å². The van der Waals surface area contributed by atoms with Gasteiger partial charge in [-0.05, 0) is 29.9 Å². The van der Waals surface area contributed by atoms with Crippen LogP contribution in [0.3, 0.4) is 0 Å². The molecule has 0 heterocycles. The Balaban J connectivity index is 1.58. The Morgan fingerprint density at radius 3 is 2.89 bits per heavy atom. The highest BCUT2D eigenvalue weighted by molar-refractivity contribution is 5.22. The molecule has 1 aromatic carbocycles. The Bertz CT molecular complexity index is 350. The second-order valence-electron chi connectivity index (χ2n) is 4.95. The Labute approximate surface area is 109 Å². The van der Waals surface area contributed by atoms with E-state index in [1.54, 1.807) is 7.11 Å². The number of ether oxygens (including phenoxy) is 2. The number of hydrogen-bond donors (Lipinski definition) is 1. The van der Waals surface area contributed by atoms with Crippen LogP contribution < -0.4 is 5.32 Å². The molecule has 0 atom stereocenters. The fourth-order valence-corrected chi connectivity index (χ4v) is 1.91. The summed E-state index contributed by atoms with van der Waals surface area (Å²) in [6.45, 7) is 4.25. The van der Waals surface area contributed by atoms with Gasteiger partial charge in [0.1, 0.15) is 0 Å². The van der Waals surface area contributed by atoms with Crippen LogP contribution in [0.4, 0.5) is 0 Å². The summed E-state index contributed by atoms with van der Waals surface area (Å²) in [7, 11) is 1.72. The largest absolute Gasteiger partial charge is 0.380 e. The molecule has 1 aliphatic carbocycles. The normalized spacial score (nSPS) is 14.9. The highest BCUT2D eigenvalue weighted by Gasteiger charge is 2.20. The van der Waals surface area contributed by atoms with Crippen molar-refractivity contribution in [2.75, 3.05) is 26.9 Å². The van der Waals surface area contributed by atoms with Gasteiger partial charge in [-0.15, -0.1) is 0 Å². The predicted octanol–water partition coefficient (Wildman–Crippen LogP) is 2.35. The van der Waals surface area contributed by atoms with Crippen LogP contribution in [0.1, 0.15) is 24.0 Å². The Kier molecular flexibility index (Phi) is 5.65. The lowest BCUT2D eigenvalue weighted by Gasteiger charge is -2.07. The van der Waals surface area contributed by atoms with Crippen LogP contribution in [0.5, 0.6) is 0 Å². The molecule has 1 fully saturated rings. The van der Waals surface area contributed by atoms with Crippen molar-refractivity contribution in [3.8, 4) is 0 Å². The van der Waals surface area contributed by atoms with Gasteiger partial charge in [0.05, 0.1) is 13.2 Å². The van der Waals surface area contributed by atoms with Crippen molar-refractivity contribution in [3.63, 3.8) is 0 Å². The van der Waals surface area contributed by atoms with Crippen molar-refractivity contribution >= 4 is 0 Å². The van der Waals surface area contributed by atoms with E-state index in [1.807, 2.05) is 0 Å². The summed E-state index contributed by atoms with van der Waals surface area (Å²) in [5.74, 6) is 0.857. The Morgan fingerprint density at radius 1 is 1.28 bits per heavy atom. The van der Waals surface area contributed by atoms with Gasteiger partial charge in [-0.2, -0.15) is 0 Å². The minimum Gasteiger partial charge on any atom is -0.380 e. The molecule has 0 radical (unpaired) electrons. The average Bonchev–Trinajstić information content (AvgIpc) is 3.19. The molecular formula is C15H23NO2. The first-order valence-corrected chi connectivity index (χ1v) is 6.73. The molecule has 0 unspecified atom stereocenters. The van der Waals surface area contributed by atoms with Crippen LogP contribution in [0, 0.1) is 5.92 Å². The van der Waals surface area contributed by atoms with Crippen molar-refractivity contribution < 1.29 is 9.47 Å². The second-order valence-corrected chi connectivity index (χ2v) is 4.95. The van der Waals surface area contributed by atoms with Crippen molar-refractivity contribution in [1.29, 1.82) is 0 Å². The maximum Gasteiger partial charge on any atom is 0.0713 e. The molecule has 0 spiro atoms. The topological polar surface area (TPSA) is 30.5 Å². The highest BCUT2D eigenvalue weighted by Crippen LogP contribution is 2.28. The van der Waals surface area contributed by atoms with Gasteiger partial charge in [0, 0.05) is 26.8 Å². The number of rotatable bonds is 9. The summed E-state index contributed by atoms with van der Waals surface area (Å²) in [6.07, 6.45) is 2.72.